The molecule has 106 valence electrons. The lowest BCUT2D eigenvalue weighted by atomic mass is 10.2. The van der Waals surface area contributed by atoms with Crippen molar-refractivity contribution in [1.29, 1.82) is 0 Å². The van der Waals surface area contributed by atoms with Crippen LogP contribution in [0, 0.1) is 6.92 Å². The first kappa shape index (κ1) is 13.7. The average molecular weight is 300 g/mol. The lowest BCUT2D eigenvalue weighted by Crippen LogP contribution is -2.01. The molecule has 0 aliphatic carbocycles. The van der Waals surface area contributed by atoms with Crippen LogP contribution in [-0.4, -0.2) is 25.0 Å². The summed E-state index contributed by atoms with van der Waals surface area (Å²) in [5.74, 6) is 0.504. The fourth-order valence-corrected chi connectivity index (χ4v) is 2.23. The van der Waals surface area contributed by atoms with E-state index in [9.17, 15) is 0 Å². The lowest BCUT2D eigenvalue weighted by Gasteiger charge is -2.05. The molecule has 0 unspecified atom stereocenters. The zero-order chi connectivity index (χ0) is 14.8. The Morgan fingerprint density at radius 3 is 2.62 bits per heavy atom. The van der Waals surface area contributed by atoms with E-state index in [0.29, 0.717) is 16.7 Å². The van der Waals surface area contributed by atoms with Gasteiger partial charge in [-0.2, -0.15) is 9.90 Å². The Morgan fingerprint density at radius 2 is 1.90 bits per heavy atom. The topological polar surface area (TPSA) is 56.5 Å². The van der Waals surface area contributed by atoms with Crippen LogP contribution in [0.1, 0.15) is 18.2 Å². The predicted molar refractivity (Wildman–Crippen MR) is 81.5 cm³/mol. The molecule has 5 nitrogen and oxygen atoms in total. The molecule has 21 heavy (non-hydrogen) atoms. The maximum atomic E-state index is 6.17. The monoisotopic (exact) mass is 299 g/mol. The van der Waals surface area contributed by atoms with Crippen molar-refractivity contribution < 1.29 is 0 Å². The largest absolute Gasteiger partial charge is 0.231 e. The number of aromatic nitrogens is 5. The van der Waals surface area contributed by atoms with Gasteiger partial charge < -0.3 is 0 Å². The minimum atomic E-state index is 0.464. The summed E-state index contributed by atoms with van der Waals surface area (Å²) in [7, 11) is 0. The van der Waals surface area contributed by atoms with Gasteiger partial charge in [0.1, 0.15) is 5.15 Å². The third-order valence-corrected chi connectivity index (χ3v) is 3.60. The molecule has 0 bridgehead atoms. The Kier molecular flexibility index (Phi) is 3.66. The van der Waals surface area contributed by atoms with Gasteiger partial charge in [0.25, 0.3) is 0 Å². The average Bonchev–Trinajstić information content (AvgIpc) is 3.00. The highest BCUT2D eigenvalue weighted by molar-refractivity contribution is 6.30. The van der Waals surface area contributed by atoms with Crippen molar-refractivity contribution in [3.63, 3.8) is 0 Å². The number of hydrogen-bond acceptors (Lipinski definition) is 4. The molecule has 1 aromatic carbocycles. The van der Waals surface area contributed by atoms with Gasteiger partial charge in [0.2, 0.25) is 0 Å². The zero-order valence-electron chi connectivity index (χ0n) is 11.8. The highest BCUT2D eigenvalue weighted by atomic mass is 35.5. The van der Waals surface area contributed by atoms with Gasteiger partial charge >= 0.3 is 0 Å². The normalized spacial score (nSPS) is 10.8. The van der Waals surface area contributed by atoms with Gasteiger partial charge in [0.05, 0.1) is 11.9 Å². The van der Waals surface area contributed by atoms with Crippen molar-refractivity contribution in [2.45, 2.75) is 20.3 Å². The maximum Gasteiger partial charge on any atom is 0.183 e. The van der Waals surface area contributed by atoms with E-state index in [-0.39, 0.29) is 0 Å². The molecule has 0 saturated carbocycles. The van der Waals surface area contributed by atoms with E-state index in [1.54, 1.807) is 11.0 Å². The maximum absolute atomic E-state index is 6.17. The summed E-state index contributed by atoms with van der Waals surface area (Å²) in [6.07, 6.45) is 2.45. The van der Waals surface area contributed by atoms with Gasteiger partial charge in [-0.25, -0.2) is 9.97 Å². The molecule has 0 N–H and O–H groups in total. The van der Waals surface area contributed by atoms with Crippen molar-refractivity contribution in [1.82, 2.24) is 25.0 Å². The SMILES string of the molecule is CCc1nc(-c2cnn(-c3ccccc3)n2)nc(Cl)c1C. The highest BCUT2D eigenvalue weighted by Crippen LogP contribution is 2.21. The first-order valence-electron chi connectivity index (χ1n) is 6.70. The summed E-state index contributed by atoms with van der Waals surface area (Å²) in [5, 5.41) is 9.14. The lowest BCUT2D eigenvalue weighted by molar-refractivity contribution is 0.752. The second kappa shape index (κ2) is 5.61. The summed E-state index contributed by atoms with van der Waals surface area (Å²) < 4.78 is 0. The van der Waals surface area contributed by atoms with E-state index >= 15 is 0 Å². The number of hydrogen-bond donors (Lipinski definition) is 0. The van der Waals surface area contributed by atoms with Crippen molar-refractivity contribution in [2.75, 3.05) is 0 Å². The molecule has 0 aliphatic heterocycles. The van der Waals surface area contributed by atoms with Gasteiger partial charge in [0, 0.05) is 11.3 Å². The van der Waals surface area contributed by atoms with Gasteiger partial charge in [-0.3, -0.25) is 0 Å². The zero-order valence-corrected chi connectivity index (χ0v) is 12.5. The third-order valence-electron chi connectivity index (χ3n) is 3.23. The van der Waals surface area contributed by atoms with Crippen molar-refractivity contribution in [2.24, 2.45) is 0 Å². The molecule has 3 rings (SSSR count). The van der Waals surface area contributed by atoms with E-state index in [1.807, 2.05) is 44.2 Å². The van der Waals surface area contributed by atoms with Crippen molar-refractivity contribution in [3.8, 4) is 17.2 Å². The second-order valence-electron chi connectivity index (χ2n) is 4.62. The molecule has 2 aromatic heterocycles. The molecule has 0 saturated heterocycles. The van der Waals surface area contributed by atoms with E-state index in [4.69, 9.17) is 11.6 Å². The molecule has 0 atom stereocenters. The van der Waals surface area contributed by atoms with Crippen molar-refractivity contribution in [3.05, 3.63) is 52.9 Å². The Morgan fingerprint density at radius 1 is 1.14 bits per heavy atom. The smallest absolute Gasteiger partial charge is 0.183 e. The standard InChI is InChI=1S/C15H14ClN5/c1-3-12-10(2)14(16)19-15(18-12)13-9-17-21(20-13)11-7-5-4-6-8-11/h4-9H,3H2,1-2H3. The van der Waals surface area contributed by atoms with Crippen LogP contribution in [0.3, 0.4) is 0 Å². The molecular weight excluding hydrogens is 286 g/mol. The summed E-state index contributed by atoms with van der Waals surface area (Å²) >= 11 is 6.17. The Hall–Kier alpha value is -2.27. The summed E-state index contributed by atoms with van der Waals surface area (Å²) in [6, 6.07) is 9.69. The van der Waals surface area contributed by atoms with Crippen LogP contribution < -0.4 is 0 Å². The van der Waals surface area contributed by atoms with Crippen LogP contribution in [-0.2, 0) is 6.42 Å². The van der Waals surface area contributed by atoms with Crippen LogP contribution in [0.5, 0.6) is 0 Å². The number of benzene rings is 1. The summed E-state index contributed by atoms with van der Waals surface area (Å²) in [6.45, 7) is 3.96. The quantitative estimate of drug-likeness (QED) is 0.697. The molecule has 0 radical (unpaired) electrons. The van der Waals surface area contributed by atoms with Crippen LogP contribution in [0.15, 0.2) is 36.5 Å². The molecule has 0 amide bonds. The minimum absolute atomic E-state index is 0.464. The van der Waals surface area contributed by atoms with Gasteiger partial charge in [0.15, 0.2) is 11.5 Å². The van der Waals surface area contributed by atoms with Crippen LogP contribution in [0.25, 0.3) is 17.2 Å². The van der Waals surface area contributed by atoms with Gasteiger partial charge in [-0.1, -0.05) is 36.7 Å². The molecule has 0 fully saturated rings. The Balaban J connectivity index is 2.03. The molecule has 6 heteroatoms. The molecule has 0 aliphatic rings. The molecule has 0 spiro atoms. The number of rotatable bonds is 3. The highest BCUT2D eigenvalue weighted by Gasteiger charge is 2.13. The first-order chi connectivity index (χ1) is 10.2. The minimum Gasteiger partial charge on any atom is -0.231 e. The van der Waals surface area contributed by atoms with E-state index in [2.05, 4.69) is 20.2 Å². The molecule has 2 heterocycles. The summed E-state index contributed by atoms with van der Waals surface area (Å²) in [5.41, 5.74) is 3.34. The fraction of sp³-hybridized carbons (Fsp3) is 0.200. The van der Waals surface area contributed by atoms with E-state index in [0.717, 1.165) is 23.4 Å². The fourth-order valence-electron chi connectivity index (χ4n) is 2.04. The molecular formula is C15H14ClN5. The Labute approximate surface area is 127 Å². The second-order valence-corrected chi connectivity index (χ2v) is 4.98. The number of halogens is 1. The van der Waals surface area contributed by atoms with Crippen LogP contribution in [0.2, 0.25) is 5.15 Å². The predicted octanol–water partition coefficient (Wildman–Crippen LogP) is 3.25. The van der Waals surface area contributed by atoms with E-state index < -0.39 is 0 Å². The first-order valence-corrected chi connectivity index (χ1v) is 7.08. The Bertz CT molecular complexity index is 767. The van der Waals surface area contributed by atoms with Crippen LogP contribution >= 0.6 is 11.6 Å². The molecule has 3 aromatic rings. The van der Waals surface area contributed by atoms with Crippen molar-refractivity contribution >= 4 is 11.6 Å². The number of nitrogens with zero attached hydrogens (tertiary/aromatic N) is 5. The summed E-state index contributed by atoms with van der Waals surface area (Å²) in [4.78, 5) is 10.4. The van der Waals surface area contributed by atoms with E-state index in [1.165, 1.54) is 0 Å². The van der Waals surface area contributed by atoms with Gasteiger partial charge in [-0.05, 0) is 25.5 Å². The van der Waals surface area contributed by atoms with Gasteiger partial charge in [-0.15, -0.1) is 5.10 Å². The third kappa shape index (κ3) is 2.64. The van der Waals surface area contributed by atoms with Crippen LogP contribution in [0.4, 0.5) is 0 Å². The number of aryl methyl sites for hydroxylation is 1. The number of para-hydroxylation sites is 1.